The topological polar surface area (TPSA) is 101 Å². The number of aromatic nitrogens is 2. The molecule has 7 nitrogen and oxygen atoms in total. The van der Waals surface area contributed by atoms with Gasteiger partial charge in [-0.25, -0.2) is 4.98 Å². The Morgan fingerprint density at radius 1 is 1.38 bits per heavy atom. The predicted octanol–water partition coefficient (Wildman–Crippen LogP) is 2.17. The average Bonchev–Trinajstić information content (AvgIpc) is 3.29. The van der Waals surface area contributed by atoms with Gasteiger partial charge in [0.2, 0.25) is 0 Å². The summed E-state index contributed by atoms with van der Waals surface area (Å²) in [5.74, 6) is 1.56. The smallest absolute Gasteiger partial charge is 0.269 e. The van der Waals surface area contributed by atoms with Gasteiger partial charge in [-0.2, -0.15) is 0 Å². The van der Waals surface area contributed by atoms with Crippen LogP contribution in [0, 0.1) is 10.1 Å². The van der Waals surface area contributed by atoms with Crippen molar-refractivity contribution in [2.24, 2.45) is 0 Å². The molecule has 0 unspecified atom stereocenters. The molecule has 0 saturated heterocycles. The highest BCUT2D eigenvalue weighted by molar-refractivity contribution is 5.39. The molecule has 0 bridgehead atoms. The largest absolute Gasteiger partial charge is 0.366 e. The fourth-order valence-electron chi connectivity index (χ4n) is 2.09. The average molecular weight is 286 g/mol. The molecule has 2 N–H and O–H groups in total. The minimum atomic E-state index is -0.430. The first-order valence-corrected chi connectivity index (χ1v) is 6.70. The molecule has 21 heavy (non-hydrogen) atoms. The number of H-pyrrole nitrogens is 1. The van der Waals surface area contributed by atoms with Crippen LogP contribution in [0.3, 0.4) is 0 Å². The van der Waals surface area contributed by atoms with Crippen LogP contribution in [-0.2, 0) is 6.54 Å². The molecule has 0 atom stereocenters. The van der Waals surface area contributed by atoms with Gasteiger partial charge in [0.15, 0.2) is 0 Å². The highest BCUT2D eigenvalue weighted by atomic mass is 16.6. The molecule has 0 amide bonds. The van der Waals surface area contributed by atoms with Crippen LogP contribution < -0.4 is 10.9 Å². The number of nitro groups is 1. The Balaban J connectivity index is 1.74. The first kappa shape index (κ1) is 13.3. The van der Waals surface area contributed by atoms with Crippen LogP contribution in [0.25, 0.3) is 0 Å². The number of anilines is 1. The Morgan fingerprint density at radius 2 is 2.19 bits per heavy atom. The summed E-state index contributed by atoms with van der Waals surface area (Å²) in [6.07, 6.45) is 2.11. The van der Waals surface area contributed by atoms with E-state index < -0.39 is 4.92 Å². The number of hydrogen-bond acceptors (Lipinski definition) is 5. The number of nitrogens with one attached hydrogen (secondary N) is 2. The maximum atomic E-state index is 11.6. The van der Waals surface area contributed by atoms with Gasteiger partial charge < -0.3 is 10.3 Å². The summed E-state index contributed by atoms with van der Waals surface area (Å²) in [7, 11) is 0. The zero-order valence-corrected chi connectivity index (χ0v) is 11.2. The summed E-state index contributed by atoms with van der Waals surface area (Å²) < 4.78 is 0. The fourth-order valence-corrected chi connectivity index (χ4v) is 2.09. The molecular formula is C14H14N4O3. The number of rotatable bonds is 5. The molecule has 2 aromatic rings. The molecule has 1 heterocycles. The monoisotopic (exact) mass is 286 g/mol. The molecule has 3 rings (SSSR count). The van der Waals surface area contributed by atoms with E-state index in [2.05, 4.69) is 15.3 Å². The quantitative estimate of drug-likeness (QED) is 0.648. The first-order chi connectivity index (χ1) is 10.1. The fraction of sp³-hybridized carbons (Fsp3) is 0.286. The van der Waals surface area contributed by atoms with Gasteiger partial charge in [-0.3, -0.25) is 14.9 Å². The Bertz CT molecular complexity index is 737. The summed E-state index contributed by atoms with van der Waals surface area (Å²) in [5.41, 5.74) is 0.625. The molecule has 7 heteroatoms. The van der Waals surface area contributed by atoms with E-state index in [1.807, 2.05) is 0 Å². The van der Waals surface area contributed by atoms with E-state index in [1.54, 1.807) is 12.1 Å². The maximum Gasteiger partial charge on any atom is 0.269 e. The molecule has 0 spiro atoms. The van der Waals surface area contributed by atoms with Crippen molar-refractivity contribution >= 4 is 11.5 Å². The minimum absolute atomic E-state index is 0.0480. The van der Waals surface area contributed by atoms with Crippen LogP contribution >= 0.6 is 0 Å². The second-order valence-electron chi connectivity index (χ2n) is 5.07. The molecule has 0 radical (unpaired) electrons. The van der Waals surface area contributed by atoms with E-state index in [0.29, 0.717) is 24.1 Å². The Hall–Kier alpha value is -2.70. The van der Waals surface area contributed by atoms with Crippen LogP contribution in [0.2, 0.25) is 0 Å². The van der Waals surface area contributed by atoms with Gasteiger partial charge in [0.05, 0.1) is 4.92 Å². The van der Waals surface area contributed by atoms with E-state index in [-0.39, 0.29) is 11.2 Å². The van der Waals surface area contributed by atoms with Crippen molar-refractivity contribution in [3.8, 4) is 0 Å². The second-order valence-corrected chi connectivity index (χ2v) is 5.07. The van der Waals surface area contributed by atoms with Gasteiger partial charge in [-0.1, -0.05) is 12.1 Å². The zero-order chi connectivity index (χ0) is 14.8. The van der Waals surface area contributed by atoms with Crippen molar-refractivity contribution in [1.82, 2.24) is 9.97 Å². The van der Waals surface area contributed by atoms with Crippen molar-refractivity contribution in [1.29, 1.82) is 0 Å². The van der Waals surface area contributed by atoms with E-state index in [0.717, 1.165) is 18.4 Å². The number of aromatic amines is 1. The number of nitrogens with zero attached hydrogens (tertiary/aromatic N) is 2. The summed E-state index contributed by atoms with van der Waals surface area (Å²) >= 11 is 0. The lowest BCUT2D eigenvalue weighted by Gasteiger charge is -2.07. The van der Waals surface area contributed by atoms with Gasteiger partial charge in [0.25, 0.3) is 11.2 Å². The van der Waals surface area contributed by atoms with Gasteiger partial charge in [0, 0.05) is 30.7 Å². The standard InChI is InChI=1S/C14H14N4O3/c19-13-7-12(16-14(17-13)10-4-5-10)15-8-9-2-1-3-11(6-9)18(20)21/h1-3,6-7,10H,4-5,8H2,(H2,15,16,17,19). The molecule has 1 aromatic carbocycles. The third kappa shape index (κ3) is 3.25. The summed E-state index contributed by atoms with van der Waals surface area (Å²) in [6.45, 7) is 0.377. The van der Waals surface area contributed by atoms with Crippen LogP contribution in [-0.4, -0.2) is 14.9 Å². The predicted molar refractivity (Wildman–Crippen MR) is 77.3 cm³/mol. The lowest BCUT2D eigenvalue weighted by molar-refractivity contribution is -0.384. The number of hydrogen-bond donors (Lipinski definition) is 2. The van der Waals surface area contributed by atoms with Gasteiger partial charge >= 0.3 is 0 Å². The van der Waals surface area contributed by atoms with Crippen LogP contribution in [0.1, 0.15) is 30.1 Å². The third-order valence-corrected chi connectivity index (χ3v) is 3.32. The van der Waals surface area contributed by atoms with Crippen molar-refractivity contribution < 1.29 is 4.92 Å². The Morgan fingerprint density at radius 3 is 2.90 bits per heavy atom. The van der Waals surface area contributed by atoms with Crippen molar-refractivity contribution in [3.63, 3.8) is 0 Å². The highest BCUT2D eigenvalue weighted by Crippen LogP contribution is 2.37. The molecule has 0 aliphatic heterocycles. The minimum Gasteiger partial charge on any atom is -0.366 e. The first-order valence-electron chi connectivity index (χ1n) is 6.70. The number of nitro benzene ring substituents is 1. The van der Waals surface area contributed by atoms with Gasteiger partial charge in [-0.15, -0.1) is 0 Å². The van der Waals surface area contributed by atoms with Crippen molar-refractivity contribution in [2.75, 3.05) is 5.32 Å². The summed E-state index contributed by atoms with van der Waals surface area (Å²) in [6, 6.07) is 7.76. The molecular weight excluding hydrogens is 272 g/mol. The molecule has 1 saturated carbocycles. The lowest BCUT2D eigenvalue weighted by Crippen LogP contribution is -2.13. The van der Waals surface area contributed by atoms with Crippen LogP contribution in [0.5, 0.6) is 0 Å². The zero-order valence-electron chi connectivity index (χ0n) is 11.2. The van der Waals surface area contributed by atoms with E-state index in [1.165, 1.54) is 18.2 Å². The molecule has 1 aromatic heterocycles. The Kier molecular flexibility index (Phi) is 3.39. The van der Waals surface area contributed by atoms with Crippen LogP contribution in [0.15, 0.2) is 35.1 Å². The van der Waals surface area contributed by atoms with E-state index in [9.17, 15) is 14.9 Å². The van der Waals surface area contributed by atoms with Gasteiger partial charge in [-0.05, 0) is 18.4 Å². The highest BCUT2D eigenvalue weighted by Gasteiger charge is 2.26. The molecule has 108 valence electrons. The normalized spacial score (nSPS) is 13.9. The Labute approximate surface area is 120 Å². The van der Waals surface area contributed by atoms with Crippen molar-refractivity contribution in [2.45, 2.75) is 25.3 Å². The van der Waals surface area contributed by atoms with E-state index >= 15 is 0 Å². The maximum absolute atomic E-state index is 11.6. The molecule has 1 aliphatic rings. The third-order valence-electron chi connectivity index (χ3n) is 3.32. The molecule has 1 aliphatic carbocycles. The van der Waals surface area contributed by atoms with Crippen LogP contribution in [0.4, 0.5) is 11.5 Å². The molecule has 1 fully saturated rings. The number of benzene rings is 1. The van der Waals surface area contributed by atoms with E-state index in [4.69, 9.17) is 0 Å². The van der Waals surface area contributed by atoms with Crippen molar-refractivity contribution in [3.05, 3.63) is 62.2 Å². The number of non-ortho nitro benzene ring substituents is 1. The summed E-state index contributed by atoms with van der Waals surface area (Å²) in [5, 5.41) is 13.8. The lowest BCUT2D eigenvalue weighted by atomic mass is 10.2. The SMILES string of the molecule is O=c1cc(NCc2cccc([N+](=O)[O-])c2)nc(C2CC2)[nH]1. The second kappa shape index (κ2) is 5.35. The summed E-state index contributed by atoms with van der Waals surface area (Å²) in [4.78, 5) is 29.0. The van der Waals surface area contributed by atoms with Gasteiger partial charge in [0.1, 0.15) is 11.6 Å².